The van der Waals surface area contributed by atoms with Gasteiger partial charge in [0.05, 0.1) is 19.8 Å². The molecule has 98 valence electrons. The van der Waals surface area contributed by atoms with Gasteiger partial charge in [0.1, 0.15) is 10.8 Å². The number of hydrogen-bond donors (Lipinski definition) is 0. The minimum atomic E-state index is -0.137. The van der Waals surface area contributed by atoms with Crippen LogP contribution in [0.5, 0.6) is 11.5 Å². The summed E-state index contributed by atoms with van der Waals surface area (Å²) in [6.45, 7) is 0. The smallest absolute Gasteiger partial charge is 0.196 e. The molecular formula is C15H13ClO3. The van der Waals surface area contributed by atoms with Gasteiger partial charge in [-0.05, 0) is 12.1 Å². The van der Waals surface area contributed by atoms with E-state index in [2.05, 4.69) is 0 Å². The van der Waals surface area contributed by atoms with Crippen LogP contribution in [0.4, 0.5) is 0 Å². The zero-order valence-electron chi connectivity index (χ0n) is 10.6. The van der Waals surface area contributed by atoms with Crippen molar-refractivity contribution in [2.45, 2.75) is 0 Å². The predicted molar refractivity (Wildman–Crippen MR) is 74.4 cm³/mol. The average molecular weight is 277 g/mol. The number of rotatable bonds is 4. The first-order valence-corrected chi connectivity index (χ1v) is 6.07. The summed E-state index contributed by atoms with van der Waals surface area (Å²) in [4.78, 5) is 12.4. The lowest BCUT2D eigenvalue weighted by molar-refractivity contribution is 0.103. The van der Waals surface area contributed by atoms with Crippen LogP contribution in [0.25, 0.3) is 0 Å². The number of ether oxygens (including phenoxy) is 2. The molecular weight excluding hydrogens is 264 g/mol. The van der Waals surface area contributed by atoms with Crippen molar-refractivity contribution in [1.82, 2.24) is 0 Å². The first kappa shape index (κ1) is 13.4. The summed E-state index contributed by atoms with van der Waals surface area (Å²) < 4.78 is 10.3. The first-order chi connectivity index (χ1) is 9.19. The van der Waals surface area contributed by atoms with Gasteiger partial charge >= 0.3 is 0 Å². The van der Waals surface area contributed by atoms with Crippen LogP contribution in [0, 0.1) is 0 Å². The third-order valence-electron chi connectivity index (χ3n) is 2.77. The van der Waals surface area contributed by atoms with Crippen molar-refractivity contribution >= 4 is 17.4 Å². The van der Waals surface area contributed by atoms with Crippen molar-refractivity contribution in [2.75, 3.05) is 14.2 Å². The van der Waals surface area contributed by atoms with Gasteiger partial charge in [-0.3, -0.25) is 4.79 Å². The van der Waals surface area contributed by atoms with Crippen molar-refractivity contribution in [3.8, 4) is 11.5 Å². The molecule has 0 fully saturated rings. The molecule has 0 aromatic heterocycles. The Labute approximate surface area is 116 Å². The lowest BCUT2D eigenvalue weighted by Crippen LogP contribution is -2.04. The van der Waals surface area contributed by atoms with Gasteiger partial charge in [-0.25, -0.2) is 0 Å². The number of carbonyl (C=O) groups is 1. The Bertz CT molecular complexity index is 594. The van der Waals surface area contributed by atoms with Gasteiger partial charge in [-0.15, -0.1) is 0 Å². The maximum atomic E-state index is 12.4. The Morgan fingerprint density at radius 1 is 1.00 bits per heavy atom. The van der Waals surface area contributed by atoms with Gasteiger partial charge in [0, 0.05) is 5.56 Å². The normalized spacial score (nSPS) is 10.1. The van der Waals surface area contributed by atoms with Crippen molar-refractivity contribution in [3.05, 3.63) is 58.6 Å². The number of methoxy groups -OCH3 is 2. The minimum absolute atomic E-state index is 0.137. The minimum Gasteiger partial charge on any atom is -0.495 e. The summed E-state index contributed by atoms with van der Waals surface area (Å²) in [6.07, 6.45) is 0. The number of ketones is 1. The van der Waals surface area contributed by atoms with E-state index >= 15 is 0 Å². The predicted octanol–water partition coefficient (Wildman–Crippen LogP) is 3.59. The topological polar surface area (TPSA) is 35.5 Å². The number of halogens is 1. The highest BCUT2D eigenvalue weighted by Gasteiger charge is 2.19. The summed E-state index contributed by atoms with van der Waals surface area (Å²) >= 11 is 6.14. The molecule has 0 unspecified atom stereocenters. The summed E-state index contributed by atoms with van der Waals surface area (Å²) in [7, 11) is 2.99. The molecule has 0 heterocycles. The molecule has 0 bridgehead atoms. The van der Waals surface area contributed by atoms with E-state index in [1.165, 1.54) is 14.2 Å². The third kappa shape index (κ3) is 2.56. The summed E-state index contributed by atoms with van der Waals surface area (Å²) in [6, 6.07) is 12.3. The van der Waals surface area contributed by atoms with E-state index in [0.29, 0.717) is 27.6 Å². The lowest BCUT2D eigenvalue weighted by atomic mass is 10.0. The lowest BCUT2D eigenvalue weighted by Gasteiger charge is -2.12. The van der Waals surface area contributed by atoms with E-state index in [1.807, 2.05) is 18.2 Å². The van der Waals surface area contributed by atoms with Crippen molar-refractivity contribution in [3.63, 3.8) is 0 Å². The van der Waals surface area contributed by atoms with Crippen LogP contribution in [-0.4, -0.2) is 20.0 Å². The summed E-state index contributed by atoms with van der Waals surface area (Å²) in [5, 5.41) is 0.298. The Hall–Kier alpha value is -2.00. The molecule has 2 aromatic carbocycles. The fraction of sp³-hybridized carbons (Fsp3) is 0.133. The fourth-order valence-corrected chi connectivity index (χ4v) is 2.14. The van der Waals surface area contributed by atoms with Crippen LogP contribution < -0.4 is 9.47 Å². The van der Waals surface area contributed by atoms with E-state index in [1.54, 1.807) is 24.3 Å². The van der Waals surface area contributed by atoms with Gasteiger partial charge in [-0.2, -0.15) is 0 Å². The number of hydrogen-bond acceptors (Lipinski definition) is 3. The van der Waals surface area contributed by atoms with Crippen LogP contribution >= 0.6 is 11.6 Å². The molecule has 0 atom stereocenters. The molecule has 3 nitrogen and oxygen atoms in total. The molecule has 4 heteroatoms. The Morgan fingerprint density at radius 2 is 1.68 bits per heavy atom. The van der Waals surface area contributed by atoms with Crippen LogP contribution in [0.2, 0.25) is 5.02 Å². The second kappa shape index (κ2) is 5.76. The fourth-order valence-electron chi connectivity index (χ4n) is 1.82. The Kier molecular flexibility index (Phi) is 4.07. The van der Waals surface area contributed by atoms with Crippen LogP contribution in [0.3, 0.4) is 0 Å². The van der Waals surface area contributed by atoms with E-state index in [-0.39, 0.29) is 5.78 Å². The molecule has 0 aliphatic rings. The van der Waals surface area contributed by atoms with Crippen molar-refractivity contribution < 1.29 is 14.3 Å². The molecule has 0 saturated heterocycles. The van der Waals surface area contributed by atoms with E-state index in [9.17, 15) is 4.79 Å². The van der Waals surface area contributed by atoms with Gasteiger partial charge in [0.2, 0.25) is 0 Å². The largest absolute Gasteiger partial charge is 0.495 e. The SMILES string of the molecule is COc1ccc(C(=O)c2ccccc2)c(OC)c1Cl. The first-order valence-electron chi connectivity index (χ1n) is 5.69. The highest BCUT2D eigenvalue weighted by molar-refractivity contribution is 6.34. The molecule has 0 amide bonds. The van der Waals surface area contributed by atoms with Gasteiger partial charge in [-0.1, -0.05) is 41.9 Å². The monoisotopic (exact) mass is 276 g/mol. The Morgan fingerprint density at radius 3 is 2.26 bits per heavy atom. The molecule has 0 aliphatic heterocycles. The van der Waals surface area contributed by atoms with Crippen LogP contribution in [0.15, 0.2) is 42.5 Å². The highest BCUT2D eigenvalue weighted by Crippen LogP contribution is 2.37. The molecule has 2 rings (SSSR count). The zero-order valence-corrected chi connectivity index (χ0v) is 11.4. The molecule has 0 radical (unpaired) electrons. The molecule has 2 aromatic rings. The quantitative estimate of drug-likeness (QED) is 0.801. The van der Waals surface area contributed by atoms with E-state index < -0.39 is 0 Å². The van der Waals surface area contributed by atoms with E-state index in [4.69, 9.17) is 21.1 Å². The average Bonchev–Trinajstić information content (AvgIpc) is 2.47. The zero-order chi connectivity index (χ0) is 13.8. The van der Waals surface area contributed by atoms with Gasteiger partial charge < -0.3 is 9.47 Å². The van der Waals surface area contributed by atoms with Crippen LogP contribution in [-0.2, 0) is 0 Å². The highest BCUT2D eigenvalue weighted by atomic mass is 35.5. The van der Waals surface area contributed by atoms with Gasteiger partial charge in [0.25, 0.3) is 0 Å². The summed E-state index contributed by atoms with van der Waals surface area (Å²) in [5.74, 6) is 0.667. The van der Waals surface area contributed by atoms with E-state index in [0.717, 1.165) is 0 Å². The van der Waals surface area contributed by atoms with Crippen LogP contribution in [0.1, 0.15) is 15.9 Å². The Balaban J connectivity index is 2.51. The van der Waals surface area contributed by atoms with Crippen molar-refractivity contribution in [2.24, 2.45) is 0 Å². The maximum absolute atomic E-state index is 12.4. The van der Waals surface area contributed by atoms with Gasteiger partial charge in [0.15, 0.2) is 11.5 Å². The third-order valence-corrected chi connectivity index (χ3v) is 3.12. The second-order valence-electron chi connectivity index (χ2n) is 3.86. The molecule has 0 N–H and O–H groups in total. The standard InChI is InChI=1S/C15H13ClO3/c1-18-12-9-8-11(15(19-2)13(12)16)14(17)10-6-4-3-5-7-10/h3-9H,1-2H3. The molecule has 19 heavy (non-hydrogen) atoms. The second-order valence-corrected chi connectivity index (χ2v) is 4.24. The maximum Gasteiger partial charge on any atom is 0.196 e. The molecule has 0 spiro atoms. The summed E-state index contributed by atoms with van der Waals surface area (Å²) in [5.41, 5.74) is 1.00. The molecule has 0 saturated carbocycles. The molecule has 0 aliphatic carbocycles. The van der Waals surface area contributed by atoms with Crippen molar-refractivity contribution in [1.29, 1.82) is 0 Å². The number of carbonyl (C=O) groups excluding carboxylic acids is 1. The number of benzene rings is 2.